The van der Waals surface area contributed by atoms with E-state index in [1.54, 1.807) is 12.3 Å². The summed E-state index contributed by atoms with van der Waals surface area (Å²) < 4.78 is 0. The molecule has 1 aromatic heterocycles. The van der Waals surface area contributed by atoms with Crippen molar-refractivity contribution in [3.63, 3.8) is 0 Å². The maximum Gasteiger partial charge on any atom is 0.255 e. The predicted molar refractivity (Wildman–Crippen MR) is 119 cm³/mol. The highest BCUT2D eigenvalue weighted by molar-refractivity contribution is 6.04. The smallest absolute Gasteiger partial charge is 0.255 e. The van der Waals surface area contributed by atoms with Crippen molar-refractivity contribution in [1.29, 1.82) is 0 Å². The number of pyridine rings is 1. The number of hydrogen-bond donors (Lipinski definition) is 2. The number of carbonyl (C=O) groups is 1. The number of anilines is 2. The van der Waals surface area contributed by atoms with Crippen LogP contribution in [0.25, 0.3) is 0 Å². The zero-order valence-electron chi connectivity index (χ0n) is 17.1. The van der Waals surface area contributed by atoms with Crippen LogP contribution in [0, 0.1) is 6.92 Å². The third-order valence-corrected chi connectivity index (χ3v) is 5.33. The summed E-state index contributed by atoms with van der Waals surface area (Å²) in [5.41, 5.74) is 3.56. The number of nitrogens with one attached hydrogen (secondary N) is 1. The van der Waals surface area contributed by atoms with Crippen LogP contribution in [-0.2, 0) is 6.54 Å². The summed E-state index contributed by atoms with van der Waals surface area (Å²) in [7, 11) is 0. The van der Waals surface area contributed by atoms with Gasteiger partial charge in [0.1, 0.15) is 11.6 Å². The normalized spacial score (nSPS) is 14.5. The van der Waals surface area contributed by atoms with E-state index < -0.39 is 0 Å². The van der Waals surface area contributed by atoms with Crippen molar-refractivity contribution in [2.24, 2.45) is 0 Å². The minimum Gasteiger partial charge on any atom is -0.508 e. The second-order valence-corrected chi connectivity index (χ2v) is 7.66. The summed E-state index contributed by atoms with van der Waals surface area (Å²) in [5.74, 6) is 1.09. The van der Waals surface area contributed by atoms with Crippen LogP contribution in [0.3, 0.4) is 0 Å². The first-order valence-corrected chi connectivity index (χ1v) is 10.2. The number of phenolic OH excluding ortho intramolecular Hbond substituents is 1. The average molecular weight is 402 g/mol. The molecule has 2 heterocycles. The van der Waals surface area contributed by atoms with E-state index in [1.807, 2.05) is 61.5 Å². The van der Waals surface area contributed by atoms with Gasteiger partial charge in [0, 0.05) is 38.3 Å². The molecule has 1 saturated heterocycles. The highest BCUT2D eigenvalue weighted by Gasteiger charge is 2.18. The Hall–Kier alpha value is -3.38. The van der Waals surface area contributed by atoms with Crippen molar-refractivity contribution in [2.45, 2.75) is 13.5 Å². The van der Waals surface area contributed by atoms with E-state index in [0.29, 0.717) is 17.0 Å². The van der Waals surface area contributed by atoms with E-state index in [9.17, 15) is 9.90 Å². The highest BCUT2D eigenvalue weighted by atomic mass is 16.3. The molecule has 0 unspecified atom stereocenters. The van der Waals surface area contributed by atoms with Crippen LogP contribution in [0.2, 0.25) is 0 Å². The van der Waals surface area contributed by atoms with Crippen molar-refractivity contribution in [1.82, 2.24) is 9.88 Å². The Labute approximate surface area is 176 Å². The van der Waals surface area contributed by atoms with Crippen molar-refractivity contribution in [2.75, 3.05) is 36.4 Å². The lowest BCUT2D eigenvalue weighted by atomic mass is 10.1. The zero-order chi connectivity index (χ0) is 20.9. The summed E-state index contributed by atoms with van der Waals surface area (Å²) in [6.07, 6.45) is 1.71. The Morgan fingerprint density at radius 3 is 2.47 bits per heavy atom. The molecule has 2 N–H and O–H groups in total. The number of nitrogens with zero attached hydrogens (tertiary/aromatic N) is 3. The molecule has 1 fully saturated rings. The van der Waals surface area contributed by atoms with Gasteiger partial charge in [-0.1, -0.05) is 29.8 Å². The number of hydrogen-bond acceptors (Lipinski definition) is 5. The Morgan fingerprint density at radius 2 is 1.80 bits per heavy atom. The van der Waals surface area contributed by atoms with E-state index >= 15 is 0 Å². The van der Waals surface area contributed by atoms with Crippen molar-refractivity contribution in [3.8, 4) is 5.75 Å². The molecule has 0 aliphatic carbocycles. The lowest BCUT2D eigenvalue weighted by molar-refractivity contribution is 0.102. The second-order valence-electron chi connectivity index (χ2n) is 7.66. The summed E-state index contributed by atoms with van der Waals surface area (Å²) in [6, 6.07) is 18.8. The van der Waals surface area contributed by atoms with E-state index in [4.69, 9.17) is 0 Å². The quantitative estimate of drug-likeness (QED) is 0.682. The molecule has 4 rings (SSSR count). The number of aromatic nitrogens is 1. The van der Waals surface area contributed by atoms with Crippen LogP contribution >= 0.6 is 0 Å². The largest absolute Gasteiger partial charge is 0.508 e. The number of benzene rings is 2. The van der Waals surface area contributed by atoms with Gasteiger partial charge in [0.2, 0.25) is 0 Å². The second kappa shape index (κ2) is 8.97. The topological polar surface area (TPSA) is 68.7 Å². The zero-order valence-corrected chi connectivity index (χ0v) is 17.1. The number of phenols is 1. The molecule has 3 aromatic rings. The molecule has 1 aliphatic heterocycles. The first-order chi connectivity index (χ1) is 14.6. The van der Waals surface area contributed by atoms with Crippen molar-refractivity contribution < 1.29 is 9.90 Å². The van der Waals surface area contributed by atoms with Crippen LogP contribution in [-0.4, -0.2) is 47.1 Å². The number of aryl methyl sites for hydroxylation is 1. The first kappa shape index (κ1) is 19.9. The maximum atomic E-state index is 12.3. The van der Waals surface area contributed by atoms with Gasteiger partial charge in [-0.15, -0.1) is 0 Å². The van der Waals surface area contributed by atoms with Crippen LogP contribution in [0.15, 0.2) is 66.9 Å². The molecule has 154 valence electrons. The van der Waals surface area contributed by atoms with Gasteiger partial charge in [-0.05, 0) is 48.9 Å². The average Bonchev–Trinajstić information content (AvgIpc) is 2.75. The molecule has 2 aromatic carbocycles. The maximum absolute atomic E-state index is 12.3. The van der Waals surface area contributed by atoms with E-state index in [0.717, 1.165) is 49.7 Å². The fraction of sp³-hybridized carbons (Fsp3) is 0.250. The van der Waals surface area contributed by atoms with Gasteiger partial charge in [0.05, 0.1) is 11.9 Å². The number of aromatic hydroxyl groups is 1. The third-order valence-electron chi connectivity index (χ3n) is 5.33. The molecule has 6 heteroatoms. The molecule has 0 bridgehead atoms. The lowest BCUT2D eigenvalue weighted by Crippen LogP contribution is -2.46. The molecule has 0 saturated carbocycles. The summed E-state index contributed by atoms with van der Waals surface area (Å²) in [6.45, 7) is 6.48. The summed E-state index contributed by atoms with van der Waals surface area (Å²) in [5, 5.41) is 12.5. The number of amides is 1. The molecule has 0 atom stereocenters. The minimum atomic E-state index is -0.134. The highest BCUT2D eigenvalue weighted by Crippen LogP contribution is 2.19. The van der Waals surface area contributed by atoms with E-state index in [2.05, 4.69) is 20.1 Å². The predicted octanol–water partition coefficient (Wildman–Crippen LogP) is 3.67. The SMILES string of the molecule is Cc1ccc(C(=O)Nc2ccc(N3CCN(Cc4cccc(O)c4)CC3)nc2)cc1. The standard InChI is InChI=1S/C24H26N4O2/c1-18-5-7-20(8-6-18)24(30)26-21-9-10-23(25-16-21)28-13-11-27(12-14-28)17-19-3-2-4-22(29)15-19/h2-10,15-16,29H,11-14,17H2,1H3,(H,26,30). The van der Waals surface area contributed by atoms with Crippen LogP contribution < -0.4 is 10.2 Å². The van der Waals surface area contributed by atoms with Crippen LogP contribution in [0.5, 0.6) is 5.75 Å². The lowest BCUT2D eigenvalue weighted by Gasteiger charge is -2.35. The number of carbonyl (C=O) groups excluding carboxylic acids is 1. The molecular weight excluding hydrogens is 376 g/mol. The van der Waals surface area contributed by atoms with Gasteiger partial charge in [-0.25, -0.2) is 4.98 Å². The van der Waals surface area contributed by atoms with Crippen LogP contribution in [0.4, 0.5) is 11.5 Å². The minimum absolute atomic E-state index is 0.134. The van der Waals surface area contributed by atoms with E-state index in [-0.39, 0.29) is 5.91 Å². The fourth-order valence-corrected chi connectivity index (χ4v) is 3.60. The van der Waals surface area contributed by atoms with Crippen molar-refractivity contribution >= 4 is 17.4 Å². The third kappa shape index (κ3) is 4.96. The van der Waals surface area contributed by atoms with Crippen molar-refractivity contribution in [3.05, 3.63) is 83.6 Å². The number of piperazine rings is 1. The van der Waals surface area contributed by atoms with E-state index in [1.165, 1.54) is 0 Å². The number of rotatable bonds is 5. The molecule has 6 nitrogen and oxygen atoms in total. The summed E-state index contributed by atoms with van der Waals surface area (Å²) >= 11 is 0. The van der Waals surface area contributed by atoms with Gasteiger partial charge in [-0.2, -0.15) is 0 Å². The van der Waals surface area contributed by atoms with Gasteiger partial charge in [0.15, 0.2) is 0 Å². The molecule has 1 amide bonds. The molecule has 0 radical (unpaired) electrons. The first-order valence-electron chi connectivity index (χ1n) is 10.2. The fourth-order valence-electron chi connectivity index (χ4n) is 3.60. The molecule has 1 aliphatic rings. The van der Waals surface area contributed by atoms with Gasteiger partial charge in [-0.3, -0.25) is 9.69 Å². The summed E-state index contributed by atoms with van der Waals surface area (Å²) in [4.78, 5) is 21.5. The molecular formula is C24H26N4O2. The van der Waals surface area contributed by atoms with Gasteiger partial charge < -0.3 is 15.3 Å². The Bertz CT molecular complexity index is 994. The Kier molecular flexibility index (Phi) is 5.95. The van der Waals surface area contributed by atoms with Gasteiger partial charge in [0.25, 0.3) is 5.91 Å². The molecule has 0 spiro atoms. The monoisotopic (exact) mass is 402 g/mol. The Balaban J connectivity index is 1.30. The van der Waals surface area contributed by atoms with Gasteiger partial charge >= 0.3 is 0 Å². The molecule has 30 heavy (non-hydrogen) atoms. The Morgan fingerprint density at radius 1 is 1.03 bits per heavy atom. The van der Waals surface area contributed by atoms with Crippen LogP contribution in [0.1, 0.15) is 21.5 Å².